The number of fused-ring (bicyclic) bond motifs is 1. The minimum atomic E-state index is -4.74. The number of benzene rings is 2. The van der Waals surface area contributed by atoms with Crippen molar-refractivity contribution in [3.63, 3.8) is 0 Å². The first-order valence-electron chi connectivity index (χ1n) is 8.29. The quantitative estimate of drug-likeness (QED) is 0.577. The number of aliphatic hydroxyl groups is 1. The second-order valence-electron chi connectivity index (χ2n) is 6.18. The van der Waals surface area contributed by atoms with Gasteiger partial charge in [-0.25, -0.2) is 9.97 Å². The van der Waals surface area contributed by atoms with Gasteiger partial charge in [0, 0.05) is 30.6 Å². The number of nitrogens with zero attached hydrogens (tertiary/aromatic N) is 4. The van der Waals surface area contributed by atoms with Gasteiger partial charge >= 0.3 is 6.36 Å². The molecule has 144 valence electrons. The van der Waals surface area contributed by atoms with Gasteiger partial charge in [0.2, 0.25) is 0 Å². The first-order chi connectivity index (χ1) is 13.4. The molecule has 2 heterocycles. The van der Waals surface area contributed by atoms with Crippen LogP contribution in [-0.2, 0) is 13.7 Å². The second-order valence-corrected chi connectivity index (χ2v) is 6.18. The van der Waals surface area contributed by atoms with Crippen molar-refractivity contribution in [2.24, 2.45) is 7.05 Å². The predicted octanol–water partition coefficient (Wildman–Crippen LogP) is 3.82. The Bertz CT molecular complexity index is 1120. The Labute approximate surface area is 157 Å². The molecule has 0 fully saturated rings. The predicted molar refractivity (Wildman–Crippen MR) is 95.9 cm³/mol. The molecule has 0 amide bonds. The molecular weight excluding hydrogens is 373 g/mol. The zero-order valence-electron chi connectivity index (χ0n) is 14.7. The number of hydrogen-bond donors (Lipinski definition) is 1. The minimum absolute atomic E-state index is 0.225. The number of rotatable bonds is 4. The van der Waals surface area contributed by atoms with Crippen LogP contribution < -0.4 is 4.74 Å². The van der Waals surface area contributed by atoms with E-state index in [9.17, 15) is 18.3 Å². The summed E-state index contributed by atoms with van der Waals surface area (Å²) in [5.41, 5.74) is 4.17. The molecular formula is C19H15F3N4O2. The topological polar surface area (TPSA) is 65.1 Å². The van der Waals surface area contributed by atoms with E-state index in [1.807, 2.05) is 11.6 Å². The van der Waals surface area contributed by atoms with Gasteiger partial charge in [0.25, 0.3) is 0 Å². The molecule has 0 aliphatic rings. The van der Waals surface area contributed by atoms with Crippen molar-refractivity contribution >= 4 is 11.0 Å². The first kappa shape index (κ1) is 18.1. The highest BCUT2D eigenvalue weighted by Gasteiger charge is 2.31. The fraction of sp³-hybridized carbons (Fsp3) is 0.158. The number of aliphatic hydroxyl groups excluding tert-OH is 1. The Morgan fingerprint density at radius 2 is 1.89 bits per heavy atom. The van der Waals surface area contributed by atoms with Crippen LogP contribution in [-0.4, -0.2) is 30.6 Å². The Balaban J connectivity index is 1.88. The lowest BCUT2D eigenvalue weighted by Crippen LogP contribution is -2.16. The molecule has 1 N–H and O–H groups in total. The third-order valence-electron chi connectivity index (χ3n) is 4.37. The molecule has 0 aliphatic heterocycles. The van der Waals surface area contributed by atoms with Gasteiger partial charge in [-0.05, 0) is 23.8 Å². The minimum Gasteiger partial charge on any atom is -0.406 e. The van der Waals surface area contributed by atoms with E-state index in [0.29, 0.717) is 22.2 Å². The fourth-order valence-electron chi connectivity index (χ4n) is 3.23. The Morgan fingerprint density at radius 3 is 2.50 bits per heavy atom. The molecule has 0 spiro atoms. The van der Waals surface area contributed by atoms with Crippen LogP contribution in [0.4, 0.5) is 13.2 Å². The molecule has 0 bridgehead atoms. The maximum Gasteiger partial charge on any atom is 0.573 e. The van der Waals surface area contributed by atoms with Gasteiger partial charge in [-0.2, -0.15) is 0 Å². The molecule has 0 atom stereocenters. The SMILES string of the molecule is Cn1cnc2c(-c3ccc(OC(F)(F)F)cc3)cc(CO)c(-n3ccnc3)c21. The van der Waals surface area contributed by atoms with Crippen LogP contribution in [0.2, 0.25) is 0 Å². The highest BCUT2D eigenvalue weighted by atomic mass is 19.4. The molecule has 4 rings (SSSR count). The molecule has 0 saturated heterocycles. The number of halogens is 3. The van der Waals surface area contributed by atoms with Crippen molar-refractivity contribution in [1.29, 1.82) is 0 Å². The molecule has 2 aromatic heterocycles. The Hall–Kier alpha value is -3.33. The highest BCUT2D eigenvalue weighted by molar-refractivity contribution is 5.98. The van der Waals surface area contributed by atoms with Crippen LogP contribution in [0.15, 0.2) is 55.4 Å². The zero-order valence-corrected chi connectivity index (χ0v) is 14.7. The third kappa shape index (κ3) is 3.20. The summed E-state index contributed by atoms with van der Waals surface area (Å²) in [6.45, 7) is -0.225. The molecule has 0 radical (unpaired) electrons. The van der Waals surface area contributed by atoms with E-state index in [1.54, 1.807) is 35.7 Å². The summed E-state index contributed by atoms with van der Waals surface area (Å²) in [6.07, 6.45) is 1.94. The van der Waals surface area contributed by atoms with Crippen molar-refractivity contribution in [3.05, 3.63) is 60.9 Å². The van der Waals surface area contributed by atoms with E-state index < -0.39 is 6.36 Å². The lowest BCUT2D eigenvalue weighted by Gasteiger charge is -2.15. The van der Waals surface area contributed by atoms with Crippen LogP contribution in [0.1, 0.15) is 5.56 Å². The average Bonchev–Trinajstić information content (AvgIpc) is 3.30. The summed E-state index contributed by atoms with van der Waals surface area (Å²) in [5.74, 6) is -0.300. The van der Waals surface area contributed by atoms with Crippen molar-refractivity contribution in [3.8, 4) is 22.6 Å². The molecule has 28 heavy (non-hydrogen) atoms. The standard InChI is InChI=1S/C19H15F3N4O2/c1-25-11-24-16-15(12-2-4-14(5-3-12)28-19(20,21)22)8-13(9-27)17(18(16)25)26-7-6-23-10-26/h2-8,10-11,27H,9H2,1H3. The smallest absolute Gasteiger partial charge is 0.406 e. The summed E-state index contributed by atoms with van der Waals surface area (Å²) in [4.78, 5) is 8.52. The van der Waals surface area contributed by atoms with E-state index >= 15 is 0 Å². The number of imidazole rings is 2. The third-order valence-corrected chi connectivity index (χ3v) is 4.37. The largest absolute Gasteiger partial charge is 0.573 e. The summed E-state index contributed by atoms with van der Waals surface area (Å²) < 4.78 is 44.7. The zero-order chi connectivity index (χ0) is 19.9. The number of aryl methyl sites for hydroxylation is 1. The van der Waals surface area contributed by atoms with Gasteiger partial charge in [0.1, 0.15) is 5.75 Å². The van der Waals surface area contributed by atoms with Gasteiger partial charge in [0.15, 0.2) is 0 Å². The average molecular weight is 388 g/mol. The molecule has 0 saturated carbocycles. The summed E-state index contributed by atoms with van der Waals surface area (Å²) >= 11 is 0. The highest BCUT2D eigenvalue weighted by Crippen LogP contribution is 2.35. The van der Waals surface area contributed by atoms with E-state index in [0.717, 1.165) is 11.2 Å². The second kappa shape index (κ2) is 6.68. The van der Waals surface area contributed by atoms with Crippen LogP contribution >= 0.6 is 0 Å². The number of ether oxygens (including phenoxy) is 1. The molecule has 4 aromatic rings. The lowest BCUT2D eigenvalue weighted by atomic mass is 9.99. The van der Waals surface area contributed by atoms with Crippen LogP contribution in [0.5, 0.6) is 5.75 Å². The van der Waals surface area contributed by atoms with Crippen LogP contribution in [0, 0.1) is 0 Å². The van der Waals surface area contributed by atoms with Crippen molar-refractivity contribution in [1.82, 2.24) is 19.1 Å². The van der Waals surface area contributed by atoms with Crippen LogP contribution in [0.3, 0.4) is 0 Å². The van der Waals surface area contributed by atoms with Gasteiger partial charge in [-0.1, -0.05) is 12.1 Å². The summed E-state index contributed by atoms with van der Waals surface area (Å²) in [7, 11) is 1.83. The fourth-order valence-corrected chi connectivity index (χ4v) is 3.23. The van der Waals surface area contributed by atoms with Crippen molar-refractivity contribution in [2.75, 3.05) is 0 Å². The Kier molecular flexibility index (Phi) is 4.31. The van der Waals surface area contributed by atoms with E-state index in [2.05, 4.69) is 14.7 Å². The molecule has 2 aromatic carbocycles. The lowest BCUT2D eigenvalue weighted by molar-refractivity contribution is -0.274. The van der Waals surface area contributed by atoms with Crippen LogP contribution in [0.25, 0.3) is 27.8 Å². The van der Waals surface area contributed by atoms with E-state index in [4.69, 9.17) is 0 Å². The normalized spacial score (nSPS) is 11.9. The van der Waals surface area contributed by atoms with Gasteiger partial charge in [-0.3, -0.25) is 0 Å². The van der Waals surface area contributed by atoms with Crippen molar-refractivity contribution in [2.45, 2.75) is 13.0 Å². The van der Waals surface area contributed by atoms with Crippen molar-refractivity contribution < 1.29 is 23.0 Å². The van der Waals surface area contributed by atoms with E-state index in [1.165, 1.54) is 24.3 Å². The molecule has 6 nitrogen and oxygen atoms in total. The molecule has 0 aliphatic carbocycles. The first-order valence-corrected chi connectivity index (χ1v) is 8.29. The van der Waals surface area contributed by atoms with E-state index in [-0.39, 0.29) is 12.4 Å². The monoisotopic (exact) mass is 388 g/mol. The number of alkyl halides is 3. The van der Waals surface area contributed by atoms with Gasteiger partial charge in [0.05, 0.1) is 36.0 Å². The maximum atomic E-state index is 12.4. The van der Waals surface area contributed by atoms with Gasteiger partial charge in [-0.15, -0.1) is 13.2 Å². The molecule has 9 heteroatoms. The van der Waals surface area contributed by atoms with Gasteiger partial charge < -0.3 is 19.0 Å². The maximum absolute atomic E-state index is 12.4. The molecule has 0 unspecified atom stereocenters. The summed E-state index contributed by atoms with van der Waals surface area (Å²) in [6, 6.07) is 7.34. The Morgan fingerprint density at radius 1 is 1.14 bits per heavy atom. The summed E-state index contributed by atoms with van der Waals surface area (Å²) in [5, 5.41) is 9.94. The number of aromatic nitrogens is 4. The number of hydrogen-bond acceptors (Lipinski definition) is 4.